The highest BCUT2D eigenvalue weighted by Gasteiger charge is 2.21. The summed E-state index contributed by atoms with van der Waals surface area (Å²) in [5.41, 5.74) is 0.780. The van der Waals surface area contributed by atoms with Crippen molar-refractivity contribution in [2.45, 2.75) is 13.3 Å². The quantitative estimate of drug-likeness (QED) is 0.857. The molecule has 1 fully saturated rings. The predicted molar refractivity (Wildman–Crippen MR) is 76.8 cm³/mol. The maximum atomic E-state index is 12.3. The van der Waals surface area contributed by atoms with Crippen molar-refractivity contribution in [1.82, 2.24) is 9.80 Å². The Bertz CT molecular complexity index is 397. The SMILES string of the molecule is CCCN1CCN(C(=O)c2ccc(Br)cc2)CC1. The molecule has 1 amide bonds. The van der Waals surface area contributed by atoms with Crippen LogP contribution in [-0.2, 0) is 0 Å². The number of piperazine rings is 1. The Morgan fingerprint density at radius 3 is 2.33 bits per heavy atom. The first-order valence-corrected chi connectivity index (χ1v) is 7.27. The van der Waals surface area contributed by atoms with Crippen molar-refractivity contribution in [2.75, 3.05) is 32.7 Å². The zero-order valence-electron chi connectivity index (χ0n) is 10.7. The molecule has 0 atom stereocenters. The average molecular weight is 311 g/mol. The van der Waals surface area contributed by atoms with Crippen molar-refractivity contribution in [1.29, 1.82) is 0 Å². The average Bonchev–Trinajstić information content (AvgIpc) is 2.40. The van der Waals surface area contributed by atoms with Gasteiger partial charge in [0.05, 0.1) is 0 Å². The third-order valence-corrected chi connectivity index (χ3v) is 3.82. The van der Waals surface area contributed by atoms with E-state index in [-0.39, 0.29) is 5.91 Å². The van der Waals surface area contributed by atoms with Crippen LogP contribution in [0, 0.1) is 0 Å². The number of hydrogen-bond acceptors (Lipinski definition) is 2. The first-order valence-electron chi connectivity index (χ1n) is 6.48. The van der Waals surface area contributed by atoms with E-state index >= 15 is 0 Å². The fourth-order valence-corrected chi connectivity index (χ4v) is 2.53. The Hall–Kier alpha value is -0.870. The first-order chi connectivity index (χ1) is 8.70. The minimum Gasteiger partial charge on any atom is -0.336 e. The highest BCUT2D eigenvalue weighted by atomic mass is 79.9. The molecule has 1 aliphatic heterocycles. The summed E-state index contributed by atoms with van der Waals surface area (Å²) >= 11 is 3.38. The summed E-state index contributed by atoms with van der Waals surface area (Å²) in [7, 11) is 0. The first kappa shape index (κ1) is 13.6. The van der Waals surface area contributed by atoms with Gasteiger partial charge in [-0.2, -0.15) is 0 Å². The van der Waals surface area contributed by atoms with Crippen LogP contribution in [-0.4, -0.2) is 48.4 Å². The van der Waals surface area contributed by atoms with Crippen LogP contribution in [0.5, 0.6) is 0 Å². The van der Waals surface area contributed by atoms with E-state index < -0.39 is 0 Å². The van der Waals surface area contributed by atoms with Crippen LogP contribution in [0.4, 0.5) is 0 Å². The minimum atomic E-state index is 0.152. The molecule has 0 N–H and O–H groups in total. The fraction of sp³-hybridized carbons (Fsp3) is 0.500. The van der Waals surface area contributed by atoms with Gasteiger partial charge in [-0.05, 0) is 37.2 Å². The molecule has 0 bridgehead atoms. The molecule has 0 radical (unpaired) electrons. The van der Waals surface area contributed by atoms with Crippen LogP contribution in [0.3, 0.4) is 0 Å². The number of benzene rings is 1. The summed E-state index contributed by atoms with van der Waals surface area (Å²) in [5, 5.41) is 0. The van der Waals surface area contributed by atoms with Gasteiger partial charge in [0.15, 0.2) is 0 Å². The van der Waals surface area contributed by atoms with Gasteiger partial charge in [0, 0.05) is 36.2 Å². The second-order valence-corrected chi connectivity index (χ2v) is 5.56. The van der Waals surface area contributed by atoms with Crippen molar-refractivity contribution in [3.05, 3.63) is 34.3 Å². The topological polar surface area (TPSA) is 23.6 Å². The van der Waals surface area contributed by atoms with Crippen molar-refractivity contribution in [2.24, 2.45) is 0 Å². The van der Waals surface area contributed by atoms with Gasteiger partial charge in [0.1, 0.15) is 0 Å². The molecule has 18 heavy (non-hydrogen) atoms. The number of halogens is 1. The second kappa shape index (κ2) is 6.34. The molecule has 1 aromatic rings. The van der Waals surface area contributed by atoms with Gasteiger partial charge in [-0.25, -0.2) is 0 Å². The molecule has 0 unspecified atom stereocenters. The highest BCUT2D eigenvalue weighted by molar-refractivity contribution is 9.10. The lowest BCUT2D eigenvalue weighted by Crippen LogP contribution is -2.48. The van der Waals surface area contributed by atoms with E-state index in [1.54, 1.807) is 0 Å². The molecule has 2 rings (SSSR count). The summed E-state index contributed by atoms with van der Waals surface area (Å²) in [4.78, 5) is 16.6. The van der Waals surface area contributed by atoms with Crippen LogP contribution in [0.15, 0.2) is 28.7 Å². The number of carbonyl (C=O) groups excluding carboxylic acids is 1. The molecule has 1 saturated heterocycles. The predicted octanol–water partition coefficient (Wildman–Crippen LogP) is 2.62. The van der Waals surface area contributed by atoms with Crippen molar-refractivity contribution < 1.29 is 4.79 Å². The molecule has 1 aromatic carbocycles. The van der Waals surface area contributed by atoms with Gasteiger partial charge in [-0.3, -0.25) is 9.69 Å². The minimum absolute atomic E-state index is 0.152. The number of hydrogen-bond donors (Lipinski definition) is 0. The Labute approximate surface area is 117 Å². The van der Waals surface area contributed by atoms with Crippen molar-refractivity contribution >= 4 is 21.8 Å². The molecule has 0 aromatic heterocycles. The van der Waals surface area contributed by atoms with E-state index in [9.17, 15) is 4.79 Å². The van der Waals surface area contributed by atoms with Gasteiger partial charge in [-0.1, -0.05) is 22.9 Å². The Morgan fingerprint density at radius 1 is 1.17 bits per heavy atom. The molecule has 98 valence electrons. The number of carbonyl (C=O) groups is 1. The molecule has 1 heterocycles. The number of rotatable bonds is 3. The molecule has 0 saturated carbocycles. The number of nitrogens with zero attached hydrogens (tertiary/aromatic N) is 2. The van der Waals surface area contributed by atoms with E-state index in [1.807, 2.05) is 29.2 Å². The normalized spacial score (nSPS) is 16.9. The summed E-state index contributed by atoms with van der Waals surface area (Å²) in [6, 6.07) is 7.59. The standard InChI is InChI=1S/C14H19BrN2O/c1-2-7-16-8-10-17(11-9-16)14(18)12-3-5-13(15)6-4-12/h3-6H,2,7-11H2,1H3. The van der Waals surface area contributed by atoms with Gasteiger partial charge in [0.25, 0.3) is 5.91 Å². The third-order valence-electron chi connectivity index (χ3n) is 3.29. The van der Waals surface area contributed by atoms with Crippen molar-refractivity contribution in [3.8, 4) is 0 Å². The summed E-state index contributed by atoms with van der Waals surface area (Å²) < 4.78 is 1.01. The van der Waals surface area contributed by atoms with Gasteiger partial charge in [-0.15, -0.1) is 0 Å². The fourth-order valence-electron chi connectivity index (χ4n) is 2.27. The lowest BCUT2D eigenvalue weighted by Gasteiger charge is -2.34. The van der Waals surface area contributed by atoms with Crippen LogP contribution in [0.25, 0.3) is 0 Å². The van der Waals surface area contributed by atoms with E-state index in [1.165, 1.54) is 6.42 Å². The van der Waals surface area contributed by atoms with E-state index in [4.69, 9.17) is 0 Å². The summed E-state index contributed by atoms with van der Waals surface area (Å²) in [5.74, 6) is 0.152. The molecule has 1 aliphatic rings. The largest absolute Gasteiger partial charge is 0.336 e. The molecule has 0 aliphatic carbocycles. The zero-order valence-corrected chi connectivity index (χ0v) is 12.3. The number of amides is 1. The van der Waals surface area contributed by atoms with Crippen LogP contribution in [0.2, 0.25) is 0 Å². The third kappa shape index (κ3) is 3.33. The molecule has 4 heteroatoms. The van der Waals surface area contributed by atoms with Gasteiger partial charge >= 0.3 is 0 Å². The van der Waals surface area contributed by atoms with Gasteiger partial charge in [0.2, 0.25) is 0 Å². The van der Waals surface area contributed by atoms with E-state index in [0.717, 1.165) is 42.8 Å². The van der Waals surface area contributed by atoms with Gasteiger partial charge < -0.3 is 4.90 Å². The lowest BCUT2D eigenvalue weighted by atomic mass is 10.2. The van der Waals surface area contributed by atoms with Crippen molar-refractivity contribution in [3.63, 3.8) is 0 Å². The monoisotopic (exact) mass is 310 g/mol. The maximum absolute atomic E-state index is 12.3. The van der Waals surface area contributed by atoms with E-state index in [2.05, 4.69) is 27.8 Å². The maximum Gasteiger partial charge on any atom is 0.253 e. The Morgan fingerprint density at radius 2 is 1.78 bits per heavy atom. The molecular formula is C14H19BrN2O. The highest BCUT2D eigenvalue weighted by Crippen LogP contribution is 2.13. The lowest BCUT2D eigenvalue weighted by molar-refractivity contribution is 0.0637. The summed E-state index contributed by atoms with van der Waals surface area (Å²) in [6.45, 7) is 7.01. The summed E-state index contributed by atoms with van der Waals surface area (Å²) in [6.07, 6.45) is 1.18. The van der Waals surface area contributed by atoms with Crippen LogP contribution < -0.4 is 0 Å². The Balaban J connectivity index is 1.93. The zero-order chi connectivity index (χ0) is 13.0. The smallest absolute Gasteiger partial charge is 0.253 e. The molecule has 3 nitrogen and oxygen atoms in total. The second-order valence-electron chi connectivity index (χ2n) is 4.64. The van der Waals surface area contributed by atoms with Crippen LogP contribution >= 0.6 is 15.9 Å². The molecular weight excluding hydrogens is 292 g/mol. The molecule has 0 spiro atoms. The van der Waals surface area contributed by atoms with Crippen LogP contribution in [0.1, 0.15) is 23.7 Å². The van der Waals surface area contributed by atoms with E-state index in [0.29, 0.717) is 0 Å². The Kier molecular flexibility index (Phi) is 4.78.